The molecule has 1 aliphatic carbocycles. The quantitative estimate of drug-likeness (QED) is 0.859. The normalized spacial score (nSPS) is 25.2. The summed E-state index contributed by atoms with van der Waals surface area (Å²) >= 11 is 5.60. The first-order chi connectivity index (χ1) is 10.3. The van der Waals surface area contributed by atoms with Crippen molar-refractivity contribution in [1.82, 2.24) is 10.2 Å². The molecule has 1 aromatic carbocycles. The Morgan fingerprint density at radius 3 is 2.67 bits per heavy atom. The van der Waals surface area contributed by atoms with Crippen LogP contribution in [0.25, 0.3) is 0 Å². The molecular formula is C18H26N2S. The Bertz CT molecular complexity index is 460. The van der Waals surface area contributed by atoms with Crippen molar-refractivity contribution < 1.29 is 0 Å². The van der Waals surface area contributed by atoms with Gasteiger partial charge in [-0.25, -0.2) is 0 Å². The Balaban J connectivity index is 1.43. The van der Waals surface area contributed by atoms with Crippen molar-refractivity contribution >= 4 is 17.3 Å². The number of piperidine rings is 1. The summed E-state index contributed by atoms with van der Waals surface area (Å²) in [5.41, 5.74) is 1.37. The first kappa shape index (κ1) is 14.8. The maximum absolute atomic E-state index is 5.60. The van der Waals surface area contributed by atoms with E-state index in [1.54, 1.807) is 0 Å². The van der Waals surface area contributed by atoms with E-state index in [1.807, 2.05) is 0 Å². The van der Waals surface area contributed by atoms with Gasteiger partial charge in [0.2, 0.25) is 0 Å². The molecule has 0 radical (unpaired) electrons. The molecule has 3 heteroatoms. The molecule has 2 fully saturated rings. The molecule has 0 amide bonds. The lowest BCUT2D eigenvalue weighted by Gasteiger charge is -2.42. The second-order valence-corrected chi connectivity index (χ2v) is 6.89. The van der Waals surface area contributed by atoms with Gasteiger partial charge in [0.1, 0.15) is 0 Å². The maximum Gasteiger partial charge on any atom is 0.168 e. The number of thiocarbonyl (C=S) groups is 1. The number of nitrogens with one attached hydrogen (secondary N) is 1. The summed E-state index contributed by atoms with van der Waals surface area (Å²) in [6.45, 7) is 3.27. The molecular weight excluding hydrogens is 276 g/mol. The summed E-state index contributed by atoms with van der Waals surface area (Å²) in [5, 5.41) is 4.42. The van der Waals surface area contributed by atoms with Gasteiger partial charge in [0.25, 0.3) is 0 Å². The molecule has 1 saturated heterocycles. The molecule has 2 nitrogen and oxygen atoms in total. The number of hydrogen-bond donors (Lipinski definition) is 1. The number of rotatable bonds is 3. The van der Waals surface area contributed by atoms with Crippen molar-refractivity contribution in [3.8, 4) is 0 Å². The average Bonchev–Trinajstić information content (AvgIpc) is 2.55. The van der Waals surface area contributed by atoms with E-state index in [9.17, 15) is 0 Å². The highest BCUT2D eigenvalue weighted by molar-refractivity contribution is 7.80. The Labute approximate surface area is 133 Å². The van der Waals surface area contributed by atoms with E-state index >= 15 is 0 Å². The standard InChI is InChI=1S/C18H26N2S/c21-18(19-12-10-15-6-2-1-3-7-15)20-13-11-16-8-4-5-9-17(16)14-20/h1-3,6-7,16-17H,4-5,8-14H2,(H,19,21)/t16-,17-/m0/s1. The van der Waals surface area contributed by atoms with E-state index in [0.717, 1.165) is 36.5 Å². The van der Waals surface area contributed by atoms with Gasteiger partial charge in [-0.2, -0.15) is 0 Å². The van der Waals surface area contributed by atoms with Crippen molar-refractivity contribution in [3.05, 3.63) is 35.9 Å². The molecule has 21 heavy (non-hydrogen) atoms. The lowest BCUT2D eigenvalue weighted by Crippen LogP contribution is -2.48. The van der Waals surface area contributed by atoms with Crippen LogP contribution in [0.4, 0.5) is 0 Å². The summed E-state index contributed by atoms with van der Waals surface area (Å²) in [5.74, 6) is 1.86. The SMILES string of the molecule is S=C(NCCc1ccccc1)N1CC[C@@H]2CCCC[C@H]2C1. The van der Waals surface area contributed by atoms with Crippen LogP contribution in [0.3, 0.4) is 0 Å². The van der Waals surface area contributed by atoms with Gasteiger partial charge >= 0.3 is 0 Å². The minimum Gasteiger partial charge on any atom is -0.362 e. The fourth-order valence-corrected chi connectivity index (χ4v) is 4.12. The van der Waals surface area contributed by atoms with Crippen LogP contribution in [-0.2, 0) is 6.42 Å². The Morgan fingerprint density at radius 1 is 1.10 bits per heavy atom. The summed E-state index contributed by atoms with van der Waals surface area (Å²) in [7, 11) is 0. The predicted molar refractivity (Wildman–Crippen MR) is 92.4 cm³/mol. The van der Waals surface area contributed by atoms with E-state index in [-0.39, 0.29) is 0 Å². The summed E-state index contributed by atoms with van der Waals surface area (Å²) < 4.78 is 0. The monoisotopic (exact) mass is 302 g/mol. The van der Waals surface area contributed by atoms with E-state index in [0.29, 0.717) is 0 Å². The number of nitrogens with zero attached hydrogens (tertiary/aromatic N) is 1. The summed E-state index contributed by atoms with van der Waals surface area (Å²) in [4.78, 5) is 2.41. The van der Waals surface area contributed by atoms with Crippen molar-refractivity contribution in [1.29, 1.82) is 0 Å². The largest absolute Gasteiger partial charge is 0.362 e. The Kier molecular flexibility index (Phi) is 5.13. The number of benzene rings is 1. The highest BCUT2D eigenvalue weighted by atomic mass is 32.1. The van der Waals surface area contributed by atoms with Gasteiger partial charge in [-0.1, -0.05) is 49.6 Å². The molecule has 0 spiro atoms. The minimum atomic E-state index is 0.890. The van der Waals surface area contributed by atoms with Gasteiger partial charge in [-0.3, -0.25) is 0 Å². The van der Waals surface area contributed by atoms with Gasteiger partial charge in [0.15, 0.2) is 5.11 Å². The van der Waals surface area contributed by atoms with Crippen molar-refractivity contribution in [3.63, 3.8) is 0 Å². The third kappa shape index (κ3) is 3.97. The van der Waals surface area contributed by atoms with Gasteiger partial charge in [0, 0.05) is 19.6 Å². The third-order valence-corrected chi connectivity index (χ3v) is 5.51. The van der Waals surface area contributed by atoms with Crippen LogP contribution < -0.4 is 5.32 Å². The molecule has 114 valence electrons. The highest BCUT2D eigenvalue weighted by Gasteiger charge is 2.31. The smallest absolute Gasteiger partial charge is 0.168 e. The van der Waals surface area contributed by atoms with Crippen molar-refractivity contribution in [2.24, 2.45) is 11.8 Å². The number of hydrogen-bond acceptors (Lipinski definition) is 1. The summed E-state index contributed by atoms with van der Waals surface area (Å²) in [6, 6.07) is 10.6. The summed E-state index contributed by atoms with van der Waals surface area (Å²) in [6.07, 6.45) is 8.11. The molecule has 1 aromatic rings. The van der Waals surface area contributed by atoms with Crippen LogP contribution in [0.2, 0.25) is 0 Å². The molecule has 0 bridgehead atoms. The van der Waals surface area contributed by atoms with Gasteiger partial charge in [-0.05, 0) is 48.9 Å². The second-order valence-electron chi connectivity index (χ2n) is 6.51. The zero-order valence-electron chi connectivity index (χ0n) is 12.8. The van der Waals surface area contributed by atoms with Crippen LogP contribution in [0, 0.1) is 11.8 Å². The van der Waals surface area contributed by atoms with Crippen LogP contribution in [0.15, 0.2) is 30.3 Å². The molecule has 0 aromatic heterocycles. The molecule has 1 N–H and O–H groups in total. The minimum absolute atomic E-state index is 0.890. The molecule has 1 saturated carbocycles. The van der Waals surface area contributed by atoms with Crippen LogP contribution in [0.1, 0.15) is 37.7 Å². The zero-order chi connectivity index (χ0) is 14.5. The van der Waals surface area contributed by atoms with Crippen LogP contribution in [0.5, 0.6) is 0 Å². The fraction of sp³-hybridized carbons (Fsp3) is 0.611. The van der Waals surface area contributed by atoms with Crippen molar-refractivity contribution in [2.45, 2.75) is 38.5 Å². The lowest BCUT2D eigenvalue weighted by molar-refractivity contribution is 0.129. The van der Waals surface area contributed by atoms with E-state index in [4.69, 9.17) is 12.2 Å². The first-order valence-corrected chi connectivity index (χ1v) is 8.80. The molecule has 3 rings (SSSR count). The van der Waals surface area contributed by atoms with Crippen LogP contribution in [-0.4, -0.2) is 29.6 Å². The molecule has 1 aliphatic heterocycles. The zero-order valence-corrected chi connectivity index (χ0v) is 13.6. The average molecular weight is 302 g/mol. The molecule has 2 atom stereocenters. The maximum atomic E-state index is 5.60. The van der Waals surface area contributed by atoms with Gasteiger partial charge in [-0.15, -0.1) is 0 Å². The first-order valence-electron chi connectivity index (χ1n) is 8.39. The number of likely N-dealkylation sites (tertiary alicyclic amines) is 1. The molecule has 0 unspecified atom stereocenters. The van der Waals surface area contributed by atoms with E-state index < -0.39 is 0 Å². The molecule has 2 aliphatic rings. The van der Waals surface area contributed by atoms with Crippen molar-refractivity contribution in [2.75, 3.05) is 19.6 Å². The topological polar surface area (TPSA) is 15.3 Å². The van der Waals surface area contributed by atoms with E-state index in [1.165, 1.54) is 44.2 Å². The lowest BCUT2D eigenvalue weighted by atomic mass is 9.75. The second kappa shape index (κ2) is 7.26. The Hall–Kier alpha value is -1.09. The van der Waals surface area contributed by atoms with E-state index in [2.05, 4.69) is 40.5 Å². The fourth-order valence-electron chi connectivity index (χ4n) is 3.86. The van der Waals surface area contributed by atoms with Gasteiger partial charge in [0.05, 0.1) is 0 Å². The highest BCUT2D eigenvalue weighted by Crippen LogP contribution is 2.35. The number of fused-ring (bicyclic) bond motifs is 1. The van der Waals surface area contributed by atoms with Gasteiger partial charge < -0.3 is 10.2 Å². The van der Waals surface area contributed by atoms with Crippen LogP contribution >= 0.6 is 12.2 Å². The Morgan fingerprint density at radius 2 is 1.86 bits per heavy atom. The predicted octanol–water partition coefficient (Wildman–Crippen LogP) is 3.62. The molecule has 1 heterocycles. The third-order valence-electron chi connectivity index (χ3n) is 5.11.